The predicted octanol–water partition coefficient (Wildman–Crippen LogP) is 1.23. The summed E-state index contributed by atoms with van der Waals surface area (Å²) in [5.41, 5.74) is 0. The molecule has 1 unspecified atom stereocenters. The highest BCUT2D eigenvalue weighted by Gasteiger charge is 2.24. The zero-order valence-electron chi connectivity index (χ0n) is 8.84. The van der Waals surface area contributed by atoms with Crippen LogP contribution >= 0.6 is 0 Å². The van der Waals surface area contributed by atoms with Gasteiger partial charge in [-0.1, -0.05) is 6.92 Å². The van der Waals surface area contributed by atoms with Crippen molar-refractivity contribution in [1.82, 2.24) is 0 Å². The van der Waals surface area contributed by atoms with Gasteiger partial charge in [0.15, 0.2) is 11.5 Å². The van der Waals surface area contributed by atoms with E-state index in [0.717, 1.165) is 12.8 Å². The fraction of sp³-hybridized carbons (Fsp3) is 0.400. The first-order valence-electron chi connectivity index (χ1n) is 5.01. The summed E-state index contributed by atoms with van der Waals surface area (Å²) in [4.78, 5) is 0.0343. The molecule has 1 aliphatic rings. The summed E-state index contributed by atoms with van der Waals surface area (Å²) in [7, 11) is -3.69. The van der Waals surface area contributed by atoms with Gasteiger partial charge in [0.25, 0.3) is 0 Å². The van der Waals surface area contributed by atoms with Gasteiger partial charge in [-0.15, -0.1) is 0 Å². The zero-order chi connectivity index (χ0) is 11.8. The molecule has 0 amide bonds. The number of primary sulfonamides is 1. The average Bonchev–Trinajstić information content (AvgIpc) is 2.57. The van der Waals surface area contributed by atoms with Crippen molar-refractivity contribution in [3.8, 4) is 11.5 Å². The molecule has 1 aromatic rings. The minimum atomic E-state index is -3.69. The normalized spacial score (nSPS) is 18.8. The van der Waals surface area contributed by atoms with E-state index < -0.39 is 10.0 Å². The third kappa shape index (κ3) is 2.12. The second-order valence-electron chi connectivity index (χ2n) is 3.61. The number of ether oxygens (including phenoxy) is 2. The highest BCUT2D eigenvalue weighted by atomic mass is 32.2. The summed E-state index contributed by atoms with van der Waals surface area (Å²) in [6.45, 7) is 2.02. The number of hydrogen-bond acceptors (Lipinski definition) is 4. The third-order valence-electron chi connectivity index (χ3n) is 2.28. The van der Waals surface area contributed by atoms with Gasteiger partial charge in [-0.25, -0.2) is 13.6 Å². The monoisotopic (exact) mass is 243 g/mol. The van der Waals surface area contributed by atoms with Crippen LogP contribution in [0.25, 0.3) is 0 Å². The predicted molar refractivity (Wildman–Crippen MR) is 57.8 cm³/mol. The van der Waals surface area contributed by atoms with Crippen molar-refractivity contribution in [3.63, 3.8) is 0 Å². The largest absolute Gasteiger partial charge is 0.451 e. The molecule has 1 aliphatic heterocycles. The first-order valence-corrected chi connectivity index (χ1v) is 6.55. The molecule has 0 saturated carbocycles. The number of rotatable bonds is 3. The van der Waals surface area contributed by atoms with E-state index in [2.05, 4.69) is 0 Å². The van der Waals surface area contributed by atoms with Crippen LogP contribution in [0.15, 0.2) is 23.1 Å². The number of benzene rings is 1. The molecule has 0 radical (unpaired) electrons. The zero-order valence-corrected chi connectivity index (χ0v) is 9.66. The molecule has 16 heavy (non-hydrogen) atoms. The van der Waals surface area contributed by atoms with E-state index in [-0.39, 0.29) is 11.2 Å². The lowest BCUT2D eigenvalue weighted by Gasteiger charge is -2.07. The van der Waals surface area contributed by atoms with E-state index in [1.165, 1.54) is 12.1 Å². The van der Waals surface area contributed by atoms with Crippen LogP contribution in [0.4, 0.5) is 0 Å². The number of sulfonamides is 1. The molecular weight excluding hydrogens is 230 g/mol. The van der Waals surface area contributed by atoms with Gasteiger partial charge in [0.2, 0.25) is 16.3 Å². The van der Waals surface area contributed by atoms with Crippen LogP contribution < -0.4 is 14.6 Å². The Balaban J connectivity index is 2.28. The van der Waals surface area contributed by atoms with E-state index in [4.69, 9.17) is 14.6 Å². The molecule has 88 valence electrons. The van der Waals surface area contributed by atoms with Crippen LogP contribution in [0, 0.1) is 0 Å². The second-order valence-corrected chi connectivity index (χ2v) is 5.17. The lowest BCUT2D eigenvalue weighted by Crippen LogP contribution is -2.16. The standard InChI is InChI=1S/C10H13NO4S/c1-2-3-10-14-8-5-4-7(16(11,12)13)6-9(8)15-10/h4-6,10H,2-3H2,1H3,(H2,11,12,13). The molecule has 0 aliphatic carbocycles. The average molecular weight is 243 g/mol. The number of fused-ring (bicyclic) bond motifs is 1. The van der Waals surface area contributed by atoms with Gasteiger partial charge in [-0.05, 0) is 18.6 Å². The maximum Gasteiger partial charge on any atom is 0.241 e. The molecule has 1 aromatic carbocycles. The van der Waals surface area contributed by atoms with E-state index in [9.17, 15) is 8.42 Å². The Labute approximate surface area is 94.2 Å². The Morgan fingerprint density at radius 3 is 2.62 bits per heavy atom. The third-order valence-corrected chi connectivity index (χ3v) is 3.20. The highest BCUT2D eigenvalue weighted by Crippen LogP contribution is 2.37. The molecule has 0 saturated heterocycles. The molecule has 2 N–H and O–H groups in total. The first-order chi connectivity index (χ1) is 7.50. The summed E-state index contributed by atoms with van der Waals surface area (Å²) in [5, 5.41) is 5.02. The summed E-state index contributed by atoms with van der Waals surface area (Å²) >= 11 is 0. The maximum atomic E-state index is 11.1. The number of nitrogens with two attached hydrogens (primary N) is 1. The van der Waals surface area contributed by atoms with Crippen molar-refractivity contribution in [3.05, 3.63) is 18.2 Å². The topological polar surface area (TPSA) is 78.6 Å². The van der Waals surface area contributed by atoms with Gasteiger partial charge in [0.05, 0.1) is 4.90 Å². The summed E-state index contributed by atoms with van der Waals surface area (Å²) in [6, 6.07) is 4.36. The Morgan fingerprint density at radius 1 is 1.31 bits per heavy atom. The minimum Gasteiger partial charge on any atom is -0.451 e. The minimum absolute atomic E-state index is 0.0343. The fourth-order valence-electron chi connectivity index (χ4n) is 1.52. The van der Waals surface area contributed by atoms with Gasteiger partial charge < -0.3 is 9.47 Å². The molecule has 5 nitrogen and oxygen atoms in total. The molecule has 1 heterocycles. The maximum absolute atomic E-state index is 11.1. The van der Waals surface area contributed by atoms with Gasteiger partial charge in [-0.3, -0.25) is 0 Å². The van der Waals surface area contributed by atoms with Crippen LogP contribution in [0.5, 0.6) is 11.5 Å². The van der Waals surface area contributed by atoms with Crippen molar-refractivity contribution in [1.29, 1.82) is 0 Å². The van der Waals surface area contributed by atoms with Gasteiger partial charge in [0, 0.05) is 12.5 Å². The van der Waals surface area contributed by atoms with Crippen molar-refractivity contribution >= 4 is 10.0 Å². The SMILES string of the molecule is CCCC1Oc2ccc(S(N)(=O)=O)cc2O1. The van der Waals surface area contributed by atoms with Gasteiger partial charge in [0.1, 0.15) is 0 Å². The number of hydrogen-bond donors (Lipinski definition) is 1. The second kappa shape index (κ2) is 3.95. The molecule has 1 atom stereocenters. The van der Waals surface area contributed by atoms with Crippen molar-refractivity contribution in [2.24, 2.45) is 5.14 Å². The van der Waals surface area contributed by atoms with E-state index >= 15 is 0 Å². The quantitative estimate of drug-likeness (QED) is 0.866. The molecule has 0 bridgehead atoms. The van der Waals surface area contributed by atoms with Gasteiger partial charge in [-0.2, -0.15) is 0 Å². The highest BCUT2D eigenvalue weighted by molar-refractivity contribution is 7.89. The van der Waals surface area contributed by atoms with Gasteiger partial charge >= 0.3 is 0 Å². The Bertz CT molecular complexity index is 498. The summed E-state index contributed by atoms with van der Waals surface area (Å²) in [6.07, 6.45) is 1.37. The Morgan fingerprint density at radius 2 is 2.00 bits per heavy atom. The van der Waals surface area contributed by atoms with E-state index in [1.807, 2.05) is 6.92 Å². The lowest BCUT2D eigenvalue weighted by molar-refractivity contribution is 0.0413. The molecular formula is C10H13NO4S. The van der Waals surface area contributed by atoms with E-state index in [1.54, 1.807) is 6.07 Å². The van der Waals surface area contributed by atoms with Crippen molar-refractivity contribution in [2.75, 3.05) is 0 Å². The van der Waals surface area contributed by atoms with Crippen LogP contribution in [0.1, 0.15) is 19.8 Å². The molecule has 0 fully saturated rings. The first kappa shape index (κ1) is 11.2. The molecule has 0 spiro atoms. The van der Waals surface area contributed by atoms with Crippen LogP contribution in [0.3, 0.4) is 0 Å². The van der Waals surface area contributed by atoms with Crippen LogP contribution in [-0.4, -0.2) is 14.7 Å². The Hall–Kier alpha value is -1.27. The van der Waals surface area contributed by atoms with Crippen LogP contribution in [0.2, 0.25) is 0 Å². The molecule has 0 aromatic heterocycles. The van der Waals surface area contributed by atoms with E-state index in [0.29, 0.717) is 11.5 Å². The Kier molecular flexibility index (Phi) is 2.77. The summed E-state index contributed by atoms with van der Waals surface area (Å²) in [5.74, 6) is 0.996. The van der Waals surface area contributed by atoms with Crippen molar-refractivity contribution < 1.29 is 17.9 Å². The van der Waals surface area contributed by atoms with Crippen molar-refractivity contribution in [2.45, 2.75) is 31.0 Å². The van der Waals surface area contributed by atoms with Crippen LogP contribution in [-0.2, 0) is 10.0 Å². The smallest absolute Gasteiger partial charge is 0.241 e. The fourth-order valence-corrected chi connectivity index (χ4v) is 2.04. The summed E-state index contributed by atoms with van der Waals surface area (Å²) < 4.78 is 33.1. The molecule has 6 heteroatoms. The molecule has 2 rings (SSSR count). The lowest BCUT2D eigenvalue weighted by atomic mass is 10.3.